The molecule has 4 N–H and O–H groups in total. The summed E-state index contributed by atoms with van der Waals surface area (Å²) in [6.07, 6.45) is 10.4. The molecule has 3 atom stereocenters. The van der Waals surface area contributed by atoms with Gasteiger partial charge in [0.25, 0.3) is 0 Å². The van der Waals surface area contributed by atoms with E-state index >= 15 is 0 Å². The van der Waals surface area contributed by atoms with Gasteiger partial charge in [0.15, 0.2) is 0 Å². The standard InChI is InChI=1S/C19H26N2O2/c1-3-17-6-4-5-13-19(17,23)21-14(2)7-8-15-9-11-16(12-10-15)18(20)22/h4-6,9-14,17,21,23H,3,7-8H2,1-2H3,(H2,20,22)/t14-,17-,19?/m1/s1. The van der Waals surface area contributed by atoms with Crippen molar-refractivity contribution in [2.45, 2.75) is 44.9 Å². The molecule has 0 fully saturated rings. The average Bonchev–Trinajstić information content (AvgIpc) is 2.53. The molecular formula is C19H26N2O2. The average molecular weight is 314 g/mol. The van der Waals surface area contributed by atoms with Crippen molar-refractivity contribution in [1.82, 2.24) is 5.32 Å². The van der Waals surface area contributed by atoms with E-state index in [1.165, 1.54) is 0 Å². The van der Waals surface area contributed by atoms with Crippen LogP contribution in [0.25, 0.3) is 0 Å². The zero-order valence-corrected chi connectivity index (χ0v) is 13.8. The summed E-state index contributed by atoms with van der Waals surface area (Å²) in [6, 6.07) is 7.54. The number of benzene rings is 1. The number of hydrogen-bond acceptors (Lipinski definition) is 3. The second-order valence-corrected chi connectivity index (χ2v) is 6.23. The first-order chi connectivity index (χ1) is 10.9. The van der Waals surface area contributed by atoms with Gasteiger partial charge in [0, 0.05) is 17.5 Å². The van der Waals surface area contributed by atoms with Gasteiger partial charge in [-0.25, -0.2) is 0 Å². The number of nitrogens with one attached hydrogen (secondary N) is 1. The van der Waals surface area contributed by atoms with Crippen LogP contribution >= 0.6 is 0 Å². The van der Waals surface area contributed by atoms with Crippen molar-refractivity contribution in [2.24, 2.45) is 11.7 Å². The van der Waals surface area contributed by atoms with Gasteiger partial charge < -0.3 is 10.8 Å². The normalized spacial score (nSPS) is 24.6. The number of aliphatic hydroxyl groups is 1. The molecule has 4 heteroatoms. The monoisotopic (exact) mass is 314 g/mol. The molecule has 0 spiro atoms. The van der Waals surface area contributed by atoms with Gasteiger partial charge in [0.05, 0.1) is 0 Å². The zero-order valence-electron chi connectivity index (χ0n) is 13.8. The summed E-state index contributed by atoms with van der Waals surface area (Å²) < 4.78 is 0. The van der Waals surface area contributed by atoms with E-state index in [0.29, 0.717) is 5.56 Å². The summed E-state index contributed by atoms with van der Waals surface area (Å²) in [5.74, 6) is -0.318. The smallest absolute Gasteiger partial charge is 0.248 e. The molecule has 0 bridgehead atoms. The third-order valence-corrected chi connectivity index (χ3v) is 4.39. The molecule has 4 nitrogen and oxygen atoms in total. The van der Waals surface area contributed by atoms with Crippen LogP contribution in [0.4, 0.5) is 0 Å². The summed E-state index contributed by atoms with van der Waals surface area (Å²) in [7, 11) is 0. The first-order valence-electron chi connectivity index (χ1n) is 8.19. The van der Waals surface area contributed by atoms with Gasteiger partial charge in [-0.3, -0.25) is 10.1 Å². The third kappa shape index (κ3) is 4.53. The molecule has 0 saturated carbocycles. The fraction of sp³-hybridized carbons (Fsp3) is 0.421. The maximum absolute atomic E-state index is 11.1. The van der Waals surface area contributed by atoms with E-state index in [0.717, 1.165) is 24.8 Å². The van der Waals surface area contributed by atoms with Crippen molar-refractivity contribution in [1.29, 1.82) is 0 Å². The second kappa shape index (κ2) is 7.57. The van der Waals surface area contributed by atoms with Crippen molar-refractivity contribution in [2.75, 3.05) is 0 Å². The van der Waals surface area contributed by atoms with E-state index in [2.05, 4.69) is 19.2 Å². The summed E-state index contributed by atoms with van der Waals surface area (Å²) in [5, 5.41) is 14.1. The molecule has 2 rings (SSSR count). The van der Waals surface area contributed by atoms with Gasteiger partial charge in [-0.2, -0.15) is 0 Å². The Hall–Kier alpha value is -1.91. The molecular weight excluding hydrogens is 288 g/mol. The Kier molecular flexibility index (Phi) is 5.74. The third-order valence-electron chi connectivity index (χ3n) is 4.39. The molecule has 0 aromatic heterocycles. The van der Waals surface area contributed by atoms with E-state index in [1.807, 2.05) is 36.4 Å². The minimum atomic E-state index is -0.973. The molecule has 0 saturated heterocycles. The first kappa shape index (κ1) is 17.4. The van der Waals surface area contributed by atoms with E-state index in [9.17, 15) is 9.90 Å². The van der Waals surface area contributed by atoms with Crippen molar-refractivity contribution in [3.05, 3.63) is 59.7 Å². The van der Waals surface area contributed by atoms with Crippen LogP contribution in [0.15, 0.2) is 48.6 Å². The van der Waals surface area contributed by atoms with Crippen LogP contribution < -0.4 is 11.1 Å². The number of primary amides is 1. The number of carbonyl (C=O) groups excluding carboxylic acids is 1. The maximum atomic E-state index is 11.1. The van der Waals surface area contributed by atoms with Crippen LogP contribution in [0.2, 0.25) is 0 Å². The van der Waals surface area contributed by atoms with E-state index in [-0.39, 0.29) is 12.0 Å². The Bertz CT molecular complexity index is 592. The molecule has 0 aliphatic heterocycles. The molecule has 1 aliphatic carbocycles. The van der Waals surface area contributed by atoms with Crippen LogP contribution in [0.3, 0.4) is 0 Å². The molecule has 124 valence electrons. The minimum Gasteiger partial charge on any atom is -0.372 e. The second-order valence-electron chi connectivity index (χ2n) is 6.23. The summed E-state index contributed by atoms with van der Waals surface area (Å²) in [6.45, 7) is 4.15. The highest BCUT2D eigenvalue weighted by Gasteiger charge is 2.33. The van der Waals surface area contributed by atoms with Gasteiger partial charge in [0.1, 0.15) is 5.72 Å². The first-order valence-corrected chi connectivity index (χ1v) is 8.19. The number of allylic oxidation sites excluding steroid dienone is 2. The number of nitrogens with two attached hydrogens (primary N) is 1. The van der Waals surface area contributed by atoms with Crippen molar-refractivity contribution in [3.63, 3.8) is 0 Å². The fourth-order valence-electron chi connectivity index (χ4n) is 2.96. The highest BCUT2D eigenvalue weighted by atomic mass is 16.3. The zero-order chi connectivity index (χ0) is 16.9. The van der Waals surface area contributed by atoms with Gasteiger partial charge >= 0.3 is 0 Å². The number of amides is 1. The van der Waals surface area contributed by atoms with Gasteiger partial charge in [-0.15, -0.1) is 0 Å². The molecule has 0 heterocycles. The summed E-state index contributed by atoms with van der Waals surface area (Å²) in [5.41, 5.74) is 5.95. The fourth-order valence-corrected chi connectivity index (χ4v) is 2.96. The molecule has 1 unspecified atom stereocenters. The lowest BCUT2D eigenvalue weighted by Crippen LogP contribution is -2.53. The Labute approximate surface area is 138 Å². The van der Waals surface area contributed by atoms with Crippen molar-refractivity contribution in [3.8, 4) is 0 Å². The van der Waals surface area contributed by atoms with Crippen LogP contribution in [0.5, 0.6) is 0 Å². The highest BCUT2D eigenvalue weighted by Crippen LogP contribution is 2.25. The van der Waals surface area contributed by atoms with Crippen molar-refractivity contribution < 1.29 is 9.90 Å². The van der Waals surface area contributed by atoms with Gasteiger partial charge in [-0.05, 0) is 50.0 Å². The van der Waals surface area contributed by atoms with E-state index < -0.39 is 11.6 Å². The maximum Gasteiger partial charge on any atom is 0.248 e. The Balaban J connectivity index is 1.89. The lowest BCUT2D eigenvalue weighted by Gasteiger charge is -2.36. The van der Waals surface area contributed by atoms with Gasteiger partial charge in [0.2, 0.25) is 5.91 Å². The van der Waals surface area contributed by atoms with Gasteiger partial charge in [-0.1, -0.05) is 37.3 Å². The molecule has 23 heavy (non-hydrogen) atoms. The molecule has 1 amide bonds. The number of rotatable bonds is 7. The Morgan fingerprint density at radius 2 is 2.04 bits per heavy atom. The Morgan fingerprint density at radius 3 is 2.65 bits per heavy atom. The summed E-state index contributed by atoms with van der Waals surface area (Å²) in [4.78, 5) is 11.1. The number of hydrogen-bond donors (Lipinski definition) is 3. The SMILES string of the molecule is CC[C@@H]1C=CC=CC1(O)N[C@H](C)CCc1ccc(C(N)=O)cc1. The largest absolute Gasteiger partial charge is 0.372 e. The van der Waals surface area contributed by atoms with Crippen LogP contribution in [-0.4, -0.2) is 22.8 Å². The molecule has 1 aromatic rings. The van der Waals surface area contributed by atoms with Crippen LogP contribution in [0, 0.1) is 5.92 Å². The number of carbonyl (C=O) groups is 1. The minimum absolute atomic E-state index is 0.0878. The topological polar surface area (TPSA) is 75.3 Å². The molecule has 1 aliphatic rings. The molecule has 0 radical (unpaired) electrons. The lowest BCUT2D eigenvalue weighted by molar-refractivity contribution is 0.000919. The molecule has 1 aromatic carbocycles. The summed E-state index contributed by atoms with van der Waals surface area (Å²) >= 11 is 0. The predicted octanol–water partition coefficient (Wildman–Crippen LogP) is 2.54. The highest BCUT2D eigenvalue weighted by molar-refractivity contribution is 5.92. The van der Waals surface area contributed by atoms with E-state index in [1.54, 1.807) is 12.1 Å². The van der Waals surface area contributed by atoms with Crippen LogP contribution in [-0.2, 0) is 6.42 Å². The lowest BCUT2D eigenvalue weighted by atomic mass is 9.88. The predicted molar refractivity (Wildman–Crippen MR) is 92.9 cm³/mol. The van der Waals surface area contributed by atoms with Crippen LogP contribution in [0.1, 0.15) is 42.6 Å². The quantitative estimate of drug-likeness (QED) is 0.677. The number of aryl methyl sites for hydroxylation is 1. The van der Waals surface area contributed by atoms with E-state index in [4.69, 9.17) is 5.73 Å². The Morgan fingerprint density at radius 1 is 1.35 bits per heavy atom. The van der Waals surface area contributed by atoms with Crippen molar-refractivity contribution >= 4 is 5.91 Å².